The van der Waals surface area contributed by atoms with E-state index in [1.165, 1.54) is 4.57 Å². The maximum absolute atomic E-state index is 12.7. The lowest BCUT2D eigenvalue weighted by atomic mass is 10.1. The lowest BCUT2D eigenvalue weighted by Crippen LogP contribution is -2.49. The summed E-state index contributed by atoms with van der Waals surface area (Å²) >= 11 is 1.12. The summed E-state index contributed by atoms with van der Waals surface area (Å²) < 4.78 is 1.47. The third-order valence-electron chi connectivity index (χ3n) is 3.51. The number of amides is 3. The van der Waals surface area contributed by atoms with E-state index in [9.17, 15) is 14.4 Å². The monoisotopic (exact) mass is 388 g/mol. The van der Waals surface area contributed by atoms with Crippen LogP contribution in [0.15, 0.2) is 46.9 Å². The highest BCUT2D eigenvalue weighted by molar-refractivity contribution is 8.00. The normalized spacial score (nSPS) is 12.4. The quantitative estimate of drug-likeness (QED) is 0.467. The summed E-state index contributed by atoms with van der Waals surface area (Å²) in [6, 6.07) is 6.48. The molecule has 27 heavy (non-hydrogen) atoms. The molecule has 8 heteroatoms. The van der Waals surface area contributed by atoms with E-state index in [2.05, 4.69) is 22.2 Å². The van der Waals surface area contributed by atoms with Crippen molar-refractivity contribution in [2.75, 3.05) is 0 Å². The van der Waals surface area contributed by atoms with Crippen LogP contribution in [0.3, 0.4) is 0 Å². The Kier molecular flexibility index (Phi) is 6.43. The molecule has 2 N–H and O–H groups in total. The van der Waals surface area contributed by atoms with Gasteiger partial charge in [0.25, 0.3) is 5.56 Å². The van der Waals surface area contributed by atoms with Crippen molar-refractivity contribution in [2.45, 2.75) is 50.2 Å². The molecule has 0 spiro atoms. The van der Waals surface area contributed by atoms with Crippen LogP contribution in [-0.4, -0.2) is 32.3 Å². The van der Waals surface area contributed by atoms with E-state index in [0.29, 0.717) is 16.1 Å². The van der Waals surface area contributed by atoms with E-state index in [1.54, 1.807) is 37.3 Å². The van der Waals surface area contributed by atoms with E-state index < -0.39 is 22.7 Å². The van der Waals surface area contributed by atoms with Gasteiger partial charge >= 0.3 is 6.03 Å². The summed E-state index contributed by atoms with van der Waals surface area (Å²) in [4.78, 5) is 41.5. The molecule has 1 aromatic heterocycles. The molecule has 0 saturated heterocycles. The van der Waals surface area contributed by atoms with Gasteiger partial charge in [0, 0.05) is 12.1 Å². The summed E-state index contributed by atoms with van der Waals surface area (Å²) in [6.07, 6.45) is 1.60. The predicted molar refractivity (Wildman–Crippen MR) is 108 cm³/mol. The van der Waals surface area contributed by atoms with E-state index in [4.69, 9.17) is 0 Å². The Morgan fingerprint density at radius 2 is 2.00 bits per heavy atom. The van der Waals surface area contributed by atoms with Crippen LogP contribution in [0.4, 0.5) is 4.79 Å². The van der Waals surface area contributed by atoms with Gasteiger partial charge < -0.3 is 5.32 Å². The number of hydrogen-bond acceptors (Lipinski definition) is 5. The number of para-hydroxylation sites is 1. The smallest absolute Gasteiger partial charge is 0.321 e. The number of hydrogen-bond donors (Lipinski definition) is 2. The number of aromatic nitrogens is 2. The fraction of sp³-hybridized carbons (Fsp3) is 0.368. The molecule has 1 heterocycles. The first-order valence-electron chi connectivity index (χ1n) is 8.52. The first-order valence-corrected chi connectivity index (χ1v) is 9.40. The van der Waals surface area contributed by atoms with Gasteiger partial charge in [0.1, 0.15) is 0 Å². The van der Waals surface area contributed by atoms with Crippen LogP contribution in [0.5, 0.6) is 0 Å². The van der Waals surface area contributed by atoms with E-state index in [0.717, 1.165) is 11.8 Å². The minimum absolute atomic E-state index is 0.193. The third-order valence-corrected chi connectivity index (χ3v) is 4.61. The lowest BCUT2D eigenvalue weighted by Gasteiger charge is -2.21. The van der Waals surface area contributed by atoms with Crippen LogP contribution in [0, 0.1) is 0 Å². The number of carbonyl (C=O) groups is 2. The summed E-state index contributed by atoms with van der Waals surface area (Å²) in [7, 11) is 0. The zero-order valence-corrected chi connectivity index (χ0v) is 16.7. The number of rotatable bonds is 5. The van der Waals surface area contributed by atoms with Crippen LogP contribution >= 0.6 is 11.8 Å². The van der Waals surface area contributed by atoms with Crippen molar-refractivity contribution in [2.24, 2.45) is 0 Å². The molecule has 0 aliphatic heterocycles. The highest BCUT2D eigenvalue weighted by Crippen LogP contribution is 2.22. The molecule has 0 bridgehead atoms. The number of benzene rings is 1. The Morgan fingerprint density at radius 3 is 2.63 bits per heavy atom. The maximum Gasteiger partial charge on any atom is 0.321 e. The molecule has 7 nitrogen and oxygen atoms in total. The van der Waals surface area contributed by atoms with Gasteiger partial charge in [-0.25, -0.2) is 9.78 Å². The second-order valence-corrected chi connectivity index (χ2v) is 8.38. The fourth-order valence-corrected chi connectivity index (χ4v) is 3.24. The number of urea groups is 1. The minimum Gasteiger partial charge on any atom is -0.333 e. The average molecular weight is 388 g/mol. The van der Waals surface area contributed by atoms with Crippen LogP contribution < -0.4 is 16.2 Å². The Bertz CT molecular complexity index is 931. The van der Waals surface area contributed by atoms with Gasteiger partial charge in [0.2, 0.25) is 5.91 Å². The van der Waals surface area contributed by atoms with E-state index in [1.807, 2.05) is 20.8 Å². The van der Waals surface area contributed by atoms with Crippen molar-refractivity contribution in [3.05, 3.63) is 47.3 Å². The number of fused-ring (bicyclic) bond motifs is 1. The number of nitrogens with zero attached hydrogens (tertiary/aromatic N) is 2. The number of thioether (sulfide) groups is 1. The SMILES string of the molecule is C=CCn1c(S[C@H](C)C(=O)NC(=O)NC(C)(C)C)nc2ccccc2c1=O. The van der Waals surface area contributed by atoms with Crippen LogP contribution in [0.2, 0.25) is 0 Å². The standard InChI is InChI=1S/C19H24N4O3S/c1-6-11-23-16(25)13-9-7-8-10-14(13)20-18(23)27-12(2)15(24)21-17(26)22-19(3,4)5/h6-10,12H,1,11H2,2-5H3,(H2,21,22,24,26)/t12-/m1/s1. The van der Waals surface area contributed by atoms with Gasteiger partial charge in [0.05, 0.1) is 16.2 Å². The lowest BCUT2D eigenvalue weighted by molar-refractivity contribution is -0.119. The summed E-state index contributed by atoms with van der Waals surface area (Å²) in [6.45, 7) is 11.1. The predicted octanol–water partition coefficient (Wildman–Crippen LogP) is 2.69. The molecule has 0 aliphatic carbocycles. The molecular formula is C19H24N4O3S. The first kappa shape index (κ1) is 20.7. The van der Waals surface area contributed by atoms with Gasteiger partial charge in [-0.15, -0.1) is 6.58 Å². The molecule has 1 aromatic carbocycles. The van der Waals surface area contributed by atoms with Crippen molar-refractivity contribution in [3.8, 4) is 0 Å². The number of imide groups is 1. The van der Waals surface area contributed by atoms with Gasteiger partial charge in [0.15, 0.2) is 5.16 Å². The Morgan fingerprint density at radius 1 is 1.33 bits per heavy atom. The number of nitrogens with one attached hydrogen (secondary N) is 2. The molecule has 0 unspecified atom stereocenters. The van der Waals surface area contributed by atoms with E-state index >= 15 is 0 Å². The molecular weight excluding hydrogens is 364 g/mol. The zero-order chi connectivity index (χ0) is 20.2. The summed E-state index contributed by atoms with van der Waals surface area (Å²) in [5, 5.41) is 5.26. The molecule has 0 aliphatic rings. The van der Waals surface area contributed by atoms with Crippen LogP contribution in [0.1, 0.15) is 27.7 Å². The van der Waals surface area contributed by atoms with Crippen molar-refractivity contribution < 1.29 is 9.59 Å². The van der Waals surface area contributed by atoms with E-state index in [-0.39, 0.29) is 12.1 Å². The molecule has 0 fully saturated rings. The van der Waals surface area contributed by atoms with Crippen molar-refractivity contribution in [3.63, 3.8) is 0 Å². The highest BCUT2D eigenvalue weighted by atomic mass is 32.2. The molecule has 0 radical (unpaired) electrons. The molecule has 2 rings (SSSR count). The zero-order valence-electron chi connectivity index (χ0n) is 15.9. The second-order valence-electron chi connectivity index (χ2n) is 7.07. The first-order chi connectivity index (χ1) is 12.6. The molecule has 0 saturated carbocycles. The van der Waals surface area contributed by atoms with Gasteiger partial charge in [-0.1, -0.05) is 30.0 Å². The Balaban J connectivity index is 2.25. The highest BCUT2D eigenvalue weighted by Gasteiger charge is 2.22. The molecule has 1 atom stereocenters. The summed E-state index contributed by atoms with van der Waals surface area (Å²) in [5.41, 5.74) is -0.0880. The van der Waals surface area contributed by atoms with Crippen molar-refractivity contribution >= 4 is 34.6 Å². The maximum atomic E-state index is 12.7. The van der Waals surface area contributed by atoms with Crippen LogP contribution in [0.25, 0.3) is 10.9 Å². The average Bonchev–Trinajstić information content (AvgIpc) is 2.56. The topological polar surface area (TPSA) is 93.1 Å². The van der Waals surface area contributed by atoms with Crippen molar-refractivity contribution in [1.82, 2.24) is 20.2 Å². The number of allylic oxidation sites excluding steroid dienone is 1. The molecule has 144 valence electrons. The minimum atomic E-state index is -0.625. The fourth-order valence-electron chi connectivity index (χ4n) is 2.32. The van der Waals surface area contributed by atoms with Crippen molar-refractivity contribution in [1.29, 1.82) is 0 Å². The Hall–Kier alpha value is -2.61. The van der Waals surface area contributed by atoms with Gasteiger partial charge in [-0.3, -0.25) is 19.5 Å². The molecule has 3 amide bonds. The van der Waals surface area contributed by atoms with Gasteiger partial charge in [-0.05, 0) is 39.8 Å². The second kappa shape index (κ2) is 8.39. The largest absolute Gasteiger partial charge is 0.333 e. The van der Waals surface area contributed by atoms with Crippen LogP contribution in [-0.2, 0) is 11.3 Å². The Labute approximate surface area is 162 Å². The van der Waals surface area contributed by atoms with Gasteiger partial charge in [-0.2, -0.15) is 0 Å². The number of carbonyl (C=O) groups excluding carboxylic acids is 2. The summed E-state index contributed by atoms with van der Waals surface area (Å²) in [5.74, 6) is -0.464. The third kappa shape index (κ3) is 5.43. The molecule has 2 aromatic rings.